The van der Waals surface area contributed by atoms with E-state index in [9.17, 15) is 4.79 Å². The number of aliphatic hydroxyl groups excluding tert-OH is 1. The van der Waals surface area contributed by atoms with Crippen molar-refractivity contribution in [2.75, 3.05) is 5.32 Å². The summed E-state index contributed by atoms with van der Waals surface area (Å²) >= 11 is 0. The van der Waals surface area contributed by atoms with E-state index in [2.05, 4.69) is 10.3 Å². The molecule has 1 aromatic heterocycles. The molecule has 20 heavy (non-hydrogen) atoms. The maximum absolute atomic E-state index is 12.0. The molecule has 3 rings (SSSR count). The molecule has 0 bridgehead atoms. The first-order chi connectivity index (χ1) is 9.76. The largest absolute Gasteiger partial charge is 0.392 e. The fourth-order valence-corrected chi connectivity index (χ4v) is 2.09. The number of aliphatic hydroxyl groups is 1. The second kappa shape index (κ2) is 5.19. The maximum Gasteiger partial charge on any atom is 0.272 e. The van der Waals surface area contributed by atoms with Crippen molar-refractivity contribution in [3.63, 3.8) is 0 Å². The van der Waals surface area contributed by atoms with E-state index in [1.165, 1.54) is 0 Å². The van der Waals surface area contributed by atoms with Gasteiger partial charge in [0.1, 0.15) is 5.69 Å². The van der Waals surface area contributed by atoms with E-state index < -0.39 is 0 Å². The molecule has 100 valence electrons. The minimum atomic E-state index is -0.157. The van der Waals surface area contributed by atoms with Gasteiger partial charge in [-0.2, -0.15) is 0 Å². The zero-order chi connectivity index (χ0) is 13.9. The number of hydrogen-bond acceptors (Lipinski definition) is 3. The molecule has 0 saturated heterocycles. The van der Waals surface area contributed by atoms with Gasteiger partial charge in [-0.05, 0) is 29.8 Å². The van der Waals surface area contributed by atoms with Gasteiger partial charge in [-0.25, -0.2) is 0 Å². The van der Waals surface area contributed by atoms with Crippen molar-refractivity contribution in [1.82, 2.24) is 4.98 Å². The lowest BCUT2D eigenvalue weighted by Gasteiger charge is -2.07. The lowest BCUT2D eigenvalue weighted by Crippen LogP contribution is -2.11. The molecule has 0 atom stereocenters. The van der Waals surface area contributed by atoms with E-state index in [1.807, 2.05) is 54.6 Å². The fraction of sp³-hybridized carbons (Fsp3) is 0.0625. The molecule has 1 heterocycles. The van der Waals surface area contributed by atoms with Crippen molar-refractivity contribution < 1.29 is 5.11 Å². The van der Waals surface area contributed by atoms with Gasteiger partial charge in [0.05, 0.1) is 6.61 Å². The van der Waals surface area contributed by atoms with E-state index in [1.54, 1.807) is 0 Å². The molecule has 0 radical (unpaired) electrons. The molecule has 3 N–H and O–H groups in total. The molecule has 0 spiro atoms. The number of hydrogen-bond donors (Lipinski definition) is 3. The molecule has 0 amide bonds. The highest BCUT2D eigenvalue weighted by atomic mass is 16.3. The van der Waals surface area contributed by atoms with Crippen molar-refractivity contribution in [1.29, 1.82) is 0 Å². The van der Waals surface area contributed by atoms with Crippen LogP contribution in [-0.2, 0) is 6.61 Å². The first kappa shape index (κ1) is 12.4. The molecule has 0 aliphatic heterocycles. The van der Waals surface area contributed by atoms with E-state index in [0.29, 0.717) is 5.69 Å². The first-order valence-corrected chi connectivity index (χ1v) is 6.35. The Bertz CT molecular complexity index is 791. The zero-order valence-corrected chi connectivity index (χ0v) is 10.8. The summed E-state index contributed by atoms with van der Waals surface area (Å²) in [5.74, 6) is 0. The minimum absolute atomic E-state index is 0.0108. The van der Waals surface area contributed by atoms with Crippen LogP contribution in [0.3, 0.4) is 0 Å². The van der Waals surface area contributed by atoms with Gasteiger partial charge >= 0.3 is 0 Å². The number of fused-ring (bicyclic) bond motifs is 1. The fourth-order valence-electron chi connectivity index (χ4n) is 2.09. The average Bonchev–Trinajstić information content (AvgIpc) is 2.49. The third-order valence-corrected chi connectivity index (χ3v) is 3.17. The summed E-state index contributed by atoms with van der Waals surface area (Å²) in [6.07, 6.45) is 0. The zero-order valence-electron chi connectivity index (χ0n) is 10.8. The standard InChI is InChI=1S/C16H14N2O2/c19-10-11-5-7-13(8-6-11)17-15-9-12-3-1-2-4-14(12)18-16(15)20/h1-9,17,19H,10H2,(H,18,20). The van der Waals surface area contributed by atoms with Crippen LogP contribution in [0.4, 0.5) is 11.4 Å². The molecule has 3 aromatic rings. The lowest BCUT2D eigenvalue weighted by atomic mass is 10.2. The Labute approximate surface area is 115 Å². The number of aromatic amines is 1. The second-order valence-electron chi connectivity index (χ2n) is 4.58. The van der Waals surface area contributed by atoms with E-state index in [-0.39, 0.29) is 12.2 Å². The summed E-state index contributed by atoms with van der Waals surface area (Å²) in [4.78, 5) is 14.8. The third kappa shape index (κ3) is 2.41. The molecular formula is C16H14N2O2. The summed E-state index contributed by atoms with van der Waals surface area (Å²) < 4.78 is 0. The molecule has 4 heteroatoms. The number of para-hydroxylation sites is 1. The molecule has 0 aliphatic rings. The number of pyridine rings is 1. The number of H-pyrrole nitrogens is 1. The quantitative estimate of drug-likeness (QED) is 0.683. The van der Waals surface area contributed by atoms with Gasteiger partial charge in [0.25, 0.3) is 5.56 Å². The van der Waals surface area contributed by atoms with Gasteiger partial charge in [-0.3, -0.25) is 4.79 Å². The van der Waals surface area contributed by atoms with Gasteiger partial charge in [0.2, 0.25) is 0 Å². The van der Waals surface area contributed by atoms with E-state index in [4.69, 9.17) is 5.11 Å². The van der Waals surface area contributed by atoms with Crippen LogP contribution in [0.5, 0.6) is 0 Å². The Kier molecular flexibility index (Phi) is 3.23. The van der Waals surface area contributed by atoms with Crippen molar-refractivity contribution in [2.45, 2.75) is 6.61 Å². The van der Waals surface area contributed by atoms with Crippen LogP contribution in [0.15, 0.2) is 59.4 Å². The normalized spacial score (nSPS) is 10.7. The van der Waals surface area contributed by atoms with E-state index in [0.717, 1.165) is 22.2 Å². The Balaban J connectivity index is 1.97. The van der Waals surface area contributed by atoms with Crippen LogP contribution < -0.4 is 10.9 Å². The highest BCUT2D eigenvalue weighted by Crippen LogP contribution is 2.17. The van der Waals surface area contributed by atoms with Crippen LogP contribution in [0, 0.1) is 0 Å². The Morgan fingerprint density at radius 3 is 2.55 bits per heavy atom. The van der Waals surface area contributed by atoms with Gasteiger partial charge < -0.3 is 15.4 Å². The summed E-state index contributed by atoms with van der Waals surface area (Å²) in [5, 5.41) is 13.1. The predicted molar refractivity (Wildman–Crippen MR) is 80.2 cm³/mol. The van der Waals surface area contributed by atoms with Gasteiger partial charge in [0.15, 0.2) is 0 Å². The summed E-state index contributed by atoms with van der Waals surface area (Å²) in [7, 11) is 0. The van der Waals surface area contributed by atoms with Crippen molar-refractivity contribution in [3.05, 3.63) is 70.5 Å². The Hall–Kier alpha value is -2.59. The lowest BCUT2D eigenvalue weighted by molar-refractivity contribution is 0.282. The highest BCUT2D eigenvalue weighted by molar-refractivity contribution is 5.82. The van der Waals surface area contributed by atoms with Gasteiger partial charge in [-0.1, -0.05) is 30.3 Å². The van der Waals surface area contributed by atoms with Crippen molar-refractivity contribution in [2.24, 2.45) is 0 Å². The van der Waals surface area contributed by atoms with Crippen LogP contribution in [0.1, 0.15) is 5.56 Å². The van der Waals surface area contributed by atoms with E-state index >= 15 is 0 Å². The van der Waals surface area contributed by atoms with Crippen molar-refractivity contribution in [3.8, 4) is 0 Å². The number of aromatic nitrogens is 1. The number of nitrogens with one attached hydrogen (secondary N) is 2. The van der Waals surface area contributed by atoms with Crippen LogP contribution in [0.2, 0.25) is 0 Å². The average molecular weight is 266 g/mol. The van der Waals surface area contributed by atoms with Gasteiger partial charge in [0, 0.05) is 16.6 Å². The molecule has 4 nitrogen and oxygen atoms in total. The van der Waals surface area contributed by atoms with Crippen molar-refractivity contribution >= 4 is 22.3 Å². The Morgan fingerprint density at radius 2 is 1.80 bits per heavy atom. The predicted octanol–water partition coefficient (Wildman–Crippen LogP) is 2.76. The molecule has 0 fully saturated rings. The number of rotatable bonds is 3. The number of benzene rings is 2. The topological polar surface area (TPSA) is 65.1 Å². The Morgan fingerprint density at radius 1 is 1.05 bits per heavy atom. The van der Waals surface area contributed by atoms with Crippen LogP contribution in [-0.4, -0.2) is 10.1 Å². The smallest absolute Gasteiger partial charge is 0.272 e. The summed E-state index contributed by atoms with van der Waals surface area (Å²) in [5.41, 5.74) is 2.81. The SMILES string of the molecule is O=c1[nH]c2ccccc2cc1Nc1ccc(CO)cc1. The molecular weight excluding hydrogens is 252 g/mol. The minimum Gasteiger partial charge on any atom is -0.392 e. The summed E-state index contributed by atoms with van der Waals surface area (Å²) in [6, 6.07) is 16.8. The highest BCUT2D eigenvalue weighted by Gasteiger charge is 2.03. The molecule has 0 saturated carbocycles. The van der Waals surface area contributed by atoms with Gasteiger partial charge in [-0.15, -0.1) is 0 Å². The number of anilines is 2. The third-order valence-electron chi connectivity index (χ3n) is 3.17. The maximum atomic E-state index is 12.0. The van der Waals surface area contributed by atoms with Crippen LogP contribution >= 0.6 is 0 Å². The molecule has 2 aromatic carbocycles. The molecule has 0 unspecified atom stereocenters. The monoisotopic (exact) mass is 266 g/mol. The summed E-state index contributed by atoms with van der Waals surface area (Å²) in [6.45, 7) is 0.0108. The second-order valence-corrected chi connectivity index (χ2v) is 4.58. The molecule has 0 aliphatic carbocycles. The first-order valence-electron chi connectivity index (χ1n) is 6.35. The van der Waals surface area contributed by atoms with Crippen LogP contribution in [0.25, 0.3) is 10.9 Å².